The second kappa shape index (κ2) is 6.78. The lowest BCUT2D eigenvalue weighted by Gasteiger charge is -2.16. The van der Waals surface area contributed by atoms with Crippen LogP contribution < -0.4 is 0 Å². The van der Waals surface area contributed by atoms with E-state index in [1.807, 2.05) is 26.0 Å². The summed E-state index contributed by atoms with van der Waals surface area (Å²) in [5.74, 6) is -1.61. The number of halogens is 1. The van der Waals surface area contributed by atoms with Crippen LogP contribution >= 0.6 is 0 Å². The molecule has 1 unspecified atom stereocenters. The zero-order valence-corrected chi connectivity index (χ0v) is 10.4. The van der Waals surface area contributed by atoms with E-state index in [4.69, 9.17) is 9.47 Å². The first-order valence-electron chi connectivity index (χ1n) is 5.01. The Bertz CT molecular complexity index is 218. The molecule has 0 radical (unpaired) electrons. The normalized spacial score (nSPS) is 22.6. The van der Waals surface area contributed by atoms with Crippen molar-refractivity contribution in [1.82, 2.24) is 4.90 Å². The molecule has 0 bridgehead atoms. The first-order chi connectivity index (χ1) is 7.26. The van der Waals surface area contributed by atoms with Crippen LogP contribution in [0.15, 0.2) is 0 Å². The molecule has 1 aliphatic heterocycles. The summed E-state index contributed by atoms with van der Waals surface area (Å²) in [7, 11) is 6.00. The first-order valence-corrected chi connectivity index (χ1v) is 5.01. The van der Waals surface area contributed by atoms with Gasteiger partial charge in [0.1, 0.15) is 0 Å². The molecule has 0 aromatic heterocycles. The minimum Gasteiger partial charge on any atom is -0.348 e. The third-order valence-corrected chi connectivity index (χ3v) is 1.55. The molecule has 0 spiro atoms. The van der Waals surface area contributed by atoms with Crippen LogP contribution in [0.3, 0.4) is 0 Å². The number of ether oxygens (including phenoxy) is 2. The standard InChI is InChI=1S/C7H11FO4.C3H9N/c1-7(2)10-4-5(11-7)3-6(9)12-8;1-4(2)3/h5H,3-4H2,1-2H3;1-3H3. The molecule has 0 aliphatic carbocycles. The van der Waals surface area contributed by atoms with E-state index in [1.54, 1.807) is 13.8 Å². The Balaban J connectivity index is 0.000000487. The van der Waals surface area contributed by atoms with Gasteiger partial charge < -0.3 is 14.4 Å². The van der Waals surface area contributed by atoms with Gasteiger partial charge in [-0.25, -0.2) is 4.79 Å². The van der Waals surface area contributed by atoms with Gasteiger partial charge in [-0.05, 0) is 35.0 Å². The Morgan fingerprint density at radius 1 is 1.50 bits per heavy atom. The summed E-state index contributed by atoms with van der Waals surface area (Å²) in [5, 5.41) is 0. The van der Waals surface area contributed by atoms with E-state index < -0.39 is 17.9 Å². The first kappa shape index (κ1) is 15.3. The highest BCUT2D eigenvalue weighted by Crippen LogP contribution is 2.24. The Morgan fingerprint density at radius 3 is 2.31 bits per heavy atom. The molecular formula is C10H20FNO4. The minimum atomic E-state index is -0.929. The van der Waals surface area contributed by atoms with Crippen molar-refractivity contribution in [3.05, 3.63) is 0 Å². The van der Waals surface area contributed by atoms with Gasteiger partial charge >= 0.3 is 5.97 Å². The molecule has 96 valence electrons. The van der Waals surface area contributed by atoms with E-state index >= 15 is 0 Å². The molecule has 16 heavy (non-hydrogen) atoms. The fraction of sp³-hybridized carbons (Fsp3) is 0.900. The number of carbonyl (C=O) groups excluding carboxylic acids is 1. The van der Waals surface area contributed by atoms with Gasteiger partial charge in [-0.2, -0.15) is 0 Å². The van der Waals surface area contributed by atoms with E-state index in [-0.39, 0.29) is 6.42 Å². The number of rotatable bonds is 2. The molecular weight excluding hydrogens is 217 g/mol. The van der Waals surface area contributed by atoms with Crippen LogP contribution in [-0.4, -0.2) is 50.5 Å². The predicted octanol–water partition coefficient (Wildman–Crippen LogP) is 1.13. The minimum absolute atomic E-state index is 0.111. The lowest BCUT2D eigenvalue weighted by molar-refractivity contribution is -0.188. The fourth-order valence-electron chi connectivity index (χ4n) is 1.08. The van der Waals surface area contributed by atoms with Crippen LogP contribution in [0.25, 0.3) is 0 Å². The maximum atomic E-state index is 11.3. The number of hydrogen-bond acceptors (Lipinski definition) is 5. The van der Waals surface area contributed by atoms with Gasteiger partial charge in [-0.1, -0.05) is 0 Å². The summed E-state index contributed by atoms with van der Waals surface area (Å²) in [6, 6.07) is 0. The number of carbonyl (C=O) groups is 1. The monoisotopic (exact) mass is 237 g/mol. The van der Waals surface area contributed by atoms with E-state index in [2.05, 4.69) is 4.94 Å². The van der Waals surface area contributed by atoms with Crippen LogP contribution in [0.5, 0.6) is 0 Å². The largest absolute Gasteiger partial charge is 0.351 e. The molecule has 1 aliphatic rings. The van der Waals surface area contributed by atoms with Crippen molar-refractivity contribution < 1.29 is 23.7 Å². The summed E-state index contributed by atoms with van der Waals surface area (Å²) >= 11 is 0. The lowest BCUT2D eigenvalue weighted by atomic mass is 10.3. The second-order valence-electron chi connectivity index (χ2n) is 4.45. The molecule has 0 aromatic rings. The fourth-order valence-corrected chi connectivity index (χ4v) is 1.08. The van der Waals surface area contributed by atoms with Crippen molar-refractivity contribution in [2.45, 2.75) is 32.2 Å². The molecule has 1 rings (SSSR count). The predicted molar refractivity (Wildman–Crippen MR) is 56.3 cm³/mol. The second-order valence-corrected chi connectivity index (χ2v) is 4.45. The van der Waals surface area contributed by atoms with Gasteiger partial charge in [0, 0.05) is 4.53 Å². The molecule has 5 nitrogen and oxygen atoms in total. The molecule has 0 N–H and O–H groups in total. The maximum Gasteiger partial charge on any atom is 0.351 e. The van der Waals surface area contributed by atoms with Crippen LogP contribution in [0, 0.1) is 0 Å². The summed E-state index contributed by atoms with van der Waals surface area (Å²) in [4.78, 5) is 15.5. The maximum absolute atomic E-state index is 11.3. The molecule has 0 amide bonds. The highest BCUT2D eigenvalue weighted by molar-refractivity contribution is 5.69. The third-order valence-electron chi connectivity index (χ3n) is 1.55. The third kappa shape index (κ3) is 7.56. The van der Waals surface area contributed by atoms with E-state index in [1.165, 1.54) is 0 Å². The summed E-state index contributed by atoms with van der Waals surface area (Å²) in [5.41, 5.74) is 0. The summed E-state index contributed by atoms with van der Waals surface area (Å²) < 4.78 is 21.7. The molecule has 0 saturated carbocycles. The lowest BCUT2D eigenvalue weighted by Crippen LogP contribution is -2.22. The summed E-state index contributed by atoms with van der Waals surface area (Å²) in [6.07, 6.45) is -0.511. The van der Waals surface area contributed by atoms with Crippen molar-refractivity contribution in [2.75, 3.05) is 27.7 Å². The Labute approximate surface area is 95.4 Å². The van der Waals surface area contributed by atoms with Gasteiger partial charge in [0.25, 0.3) is 0 Å². The van der Waals surface area contributed by atoms with Crippen molar-refractivity contribution in [3.8, 4) is 0 Å². The van der Waals surface area contributed by atoms with Gasteiger partial charge in [-0.3, -0.25) is 4.94 Å². The van der Waals surface area contributed by atoms with Gasteiger partial charge in [0.05, 0.1) is 19.1 Å². The van der Waals surface area contributed by atoms with E-state index in [0.29, 0.717) is 6.61 Å². The van der Waals surface area contributed by atoms with Crippen LogP contribution in [0.1, 0.15) is 20.3 Å². The topological polar surface area (TPSA) is 48.0 Å². The average Bonchev–Trinajstić information content (AvgIpc) is 2.44. The van der Waals surface area contributed by atoms with E-state index in [0.717, 1.165) is 0 Å². The molecule has 6 heteroatoms. The van der Waals surface area contributed by atoms with Gasteiger partial charge in [-0.15, -0.1) is 0 Å². The molecule has 1 atom stereocenters. The van der Waals surface area contributed by atoms with Crippen molar-refractivity contribution in [2.24, 2.45) is 0 Å². The quantitative estimate of drug-likeness (QED) is 0.720. The summed E-state index contributed by atoms with van der Waals surface area (Å²) in [6.45, 7) is 3.75. The Morgan fingerprint density at radius 2 is 2.00 bits per heavy atom. The zero-order chi connectivity index (χ0) is 12.8. The zero-order valence-electron chi connectivity index (χ0n) is 10.4. The molecule has 1 fully saturated rings. The van der Waals surface area contributed by atoms with Crippen LogP contribution in [-0.2, 0) is 19.2 Å². The van der Waals surface area contributed by atoms with Crippen molar-refractivity contribution in [3.63, 3.8) is 0 Å². The SMILES string of the molecule is CC1(C)OCC(CC(=O)OF)O1.CN(C)C. The molecule has 1 saturated heterocycles. The Kier molecular flexibility index (Phi) is 6.47. The van der Waals surface area contributed by atoms with Crippen LogP contribution in [0.2, 0.25) is 0 Å². The Hall–Kier alpha value is -0.720. The highest BCUT2D eigenvalue weighted by atomic mass is 19.3. The highest BCUT2D eigenvalue weighted by Gasteiger charge is 2.34. The van der Waals surface area contributed by atoms with Gasteiger partial charge in [0.15, 0.2) is 5.79 Å². The van der Waals surface area contributed by atoms with Crippen molar-refractivity contribution >= 4 is 5.97 Å². The van der Waals surface area contributed by atoms with Gasteiger partial charge in [0.2, 0.25) is 0 Å². The number of nitrogens with zero attached hydrogens (tertiary/aromatic N) is 1. The molecule has 0 aromatic carbocycles. The average molecular weight is 237 g/mol. The van der Waals surface area contributed by atoms with Crippen LogP contribution in [0.4, 0.5) is 4.53 Å². The molecule has 1 heterocycles. The van der Waals surface area contributed by atoms with E-state index in [9.17, 15) is 9.32 Å². The number of hydrogen-bond donors (Lipinski definition) is 0. The van der Waals surface area contributed by atoms with Crippen molar-refractivity contribution in [1.29, 1.82) is 0 Å². The smallest absolute Gasteiger partial charge is 0.348 e.